The van der Waals surface area contributed by atoms with Crippen molar-refractivity contribution < 1.29 is 9.53 Å². The summed E-state index contributed by atoms with van der Waals surface area (Å²) in [6.07, 6.45) is 2.25. The van der Waals surface area contributed by atoms with Crippen molar-refractivity contribution in [3.8, 4) is 0 Å². The maximum atomic E-state index is 11.9. The Labute approximate surface area is 122 Å². The van der Waals surface area contributed by atoms with Crippen molar-refractivity contribution in [2.45, 2.75) is 52.7 Å². The van der Waals surface area contributed by atoms with E-state index in [1.165, 1.54) is 0 Å². The molecule has 0 saturated heterocycles. The van der Waals surface area contributed by atoms with Gasteiger partial charge in [0.2, 0.25) is 0 Å². The second-order valence-corrected chi connectivity index (χ2v) is 5.93. The number of alkyl carbamates (subject to hydrolysis) is 1. The second kappa shape index (κ2) is 6.60. The van der Waals surface area contributed by atoms with E-state index >= 15 is 0 Å². The average molecular weight is 275 g/mol. The van der Waals surface area contributed by atoms with Crippen molar-refractivity contribution in [2.75, 3.05) is 0 Å². The Morgan fingerprint density at radius 2 is 2.10 bits per heavy atom. The van der Waals surface area contributed by atoms with Crippen molar-refractivity contribution in [1.29, 1.82) is 0 Å². The molecular weight excluding hydrogens is 250 g/mol. The van der Waals surface area contributed by atoms with Crippen molar-refractivity contribution in [3.63, 3.8) is 0 Å². The molecule has 0 fully saturated rings. The molecule has 0 heterocycles. The standard InChI is InChI=1S/C17H25NO2/c1-7-13-9-10-14(12(3)11-13)15(8-2)18-16(19)20-17(4,5)6/h7,9-11,15H,1,8H2,2-6H3,(H,18,19). The van der Waals surface area contributed by atoms with Gasteiger partial charge in [0.25, 0.3) is 0 Å². The van der Waals surface area contributed by atoms with Gasteiger partial charge in [0.1, 0.15) is 5.60 Å². The van der Waals surface area contributed by atoms with E-state index in [1.54, 1.807) is 0 Å². The minimum Gasteiger partial charge on any atom is -0.444 e. The third-order valence-electron chi connectivity index (χ3n) is 3.00. The number of rotatable bonds is 4. The van der Waals surface area contributed by atoms with Crippen LogP contribution < -0.4 is 5.32 Å². The van der Waals surface area contributed by atoms with Crippen molar-refractivity contribution in [1.82, 2.24) is 5.32 Å². The average Bonchev–Trinajstić information content (AvgIpc) is 2.34. The summed E-state index contributed by atoms with van der Waals surface area (Å²) < 4.78 is 5.31. The van der Waals surface area contributed by atoms with E-state index in [1.807, 2.05) is 52.8 Å². The van der Waals surface area contributed by atoms with Gasteiger partial charge in [0.05, 0.1) is 6.04 Å². The van der Waals surface area contributed by atoms with E-state index in [9.17, 15) is 4.79 Å². The molecule has 1 atom stereocenters. The zero-order valence-electron chi connectivity index (χ0n) is 13.1. The lowest BCUT2D eigenvalue weighted by Crippen LogP contribution is -2.35. The lowest BCUT2D eigenvalue weighted by molar-refractivity contribution is 0.0502. The molecule has 110 valence electrons. The molecule has 3 nitrogen and oxygen atoms in total. The monoisotopic (exact) mass is 275 g/mol. The molecule has 0 aromatic heterocycles. The number of aryl methyl sites for hydroxylation is 1. The van der Waals surface area contributed by atoms with Crippen LogP contribution in [0.3, 0.4) is 0 Å². The minimum absolute atomic E-state index is 0.0382. The van der Waals surface area contributed by atoms with E-state index in [-0.39, 0.29) is 12.1 Å². The van der Waals surface area contributed by atoms with E-state index in [0.717, 1.165) is 23.1 Å². The Hall–Kier alpha value is -1.77. The summed E-state index contributed by atoms with van der Waals surface area (Å²) in [6.45, 7) is 13.4. The van der Waals surface area contributed by atoms with Crippen LogP contribution in [0.2, 0.25) is 0 Å². The van der Waals surface area contributed by atoms with Crippen LogP contribution in [0.1, 0.15) is 56.8 Å². The first-order valence-electron chi connectivity index (χ1n) is 6.99. The Bertz CT molecular complexity index is 486. The van der Waals surface area contributed by atoms with Gasteiger partial charge in [-0.1, -0.05) is 37.8 Å². The summed E-state index contributed by atoms with van der Waals surface area (Å²) in [4.78, 5) is 11.9. The lowest BCUT2D eigenvalue weighted by atomic mass is 9.97. The molecule has 0 aliphatic carbocycles. The SMILES string of the molecule is C=Cc1ccc(C(CC)NC(=O)OC(C)(C)C)c(C)c1. The number of ether oxygens (including phenoxy) is 1. The number of amides is 1. The molecule has 1 N–H and O–H groups in total. The number of nitrogens with one attached hydrogen (secondary N) is 1. The van der Waals surface area contributed by atoms with Gasteiger partial charge in [-0.05, 0) is 50.8 Å². The first kappa shape index (κ1) is 16.3. The molecule has 0 aliphatic heterocycles. The maximum absolute atomic E-state index is 11.9. The number of hydrogen-bond acceptors (Lipinski definition) is 2. The molecule has 20 heavy (non-hydrogen) atoms. The van der Waals surface area contributed by atoms with Gasteiger partial charge in [0.15, 0.2) is 0 Å². The molecule has 0 bridgehead atoms. The smallest absolute Gasteiger partial charge is 0.408 e. The molecule has 1 aromatic rings. The van der Waals surface area contributed by atoms with Crippen LogP contribution in [0.15, 0.2) is 24.8 Å². The molecule has 1 unspecified atom stereocenters. The van der Waals surface area contributed by atoms with Gasteiger partial charge < -0.3 is 10.1 Å². The third-order valence-corrected chi connectivity index (χ3v) is 3.00. The van der Waals surface area contributed by atoms with Crippen LogP contribution >= 0.6 is 0 Å². The molecule has 1 rings (SSSR count). The molecule has 3 heteroatoms. The zero-order valence-corrected chi connectivity index (χ0v) is 13.1. The van der Waals surface area contributed by atoms with E-state index < -0.39 is 5.60 Å². The molecule has 0 aliphatic rings. The van der Waals surface area contributed by atoms with Crippen LogP contribution in [0, 0.1) is 6.92 Å². The summed E-state index contributed by atoms with van der Waals surface area (Å²) in [5.74, 6) is 0. The third kappa shape index (κ3) is 4.72. The van der Waals surface area contributed by atoms with Crippen LogP contribution in [0.25, 0.3) is 6.08 Å². The van der Waals surface area contributed by atoms with Crippen molar-refractivity contribution in [2.24, 2.45) is 0 Å². The van der Waals surface area contributed by atoms with E-state index in [0.29, 0.717) is 0 Å². The Kier molecular flexibility index (Phi) is 5.37. The molecule has 0 saturated carbocycles. The predicted octanol–water partition coefficient (Wildman–Crippen LogP) is 4.61. The number of carbonyl (C=O) groups excluding carboxylic acids is 1. The molecule has 0 spiro atoms. The van der Waals surface area contributed by atoms with E-state index in [4.69, 9.17) is 4.74 Å². The molecular formula is C17H25NO2. The zero-order chi connectivity index (χ0) is 15.3. The van der Waals surface area contributed by atoms with Gasteiger partial charge >= 0.3 is 6.09 Å². The van der Waals surface area contributed by atoms with Crippen LogP contribution in [-0.4, -0.2) is 11.7 Å². The number of benzene rings is 1. The van der Waals surface area contributed by atoms with Gasteiger partial charge in [-0.25, -0.2) is 4.79 Å². The van der Waals surface area contributed by atoms with Gasteiger partial charge in [-0.3, -0.25) is 0 Å². The highest BCUT2D eigenvalue weighted by Gasteiger charge is 2.20. The van der Waals surface area contributed by atoms with Crippen LogP contribution in [0.4, 0.5) is 4.79 Å². The van der Waals surface area contributed by atoms with Crippen molar-refractivity contribution in [3.05, 3.63) is 41.5 Å². The topological polar surface area (TPSA) is 38.3 Å². The first-order valence-corrected chi connectivity index (χ1v) is 6.99. The lowest BCUT2D eigenvalue weighted by Gasteiger charge is -2.24. The summed E-state index contributed by atoms with van der Waals surface area (Å²) in [7, 11) is 0. The minimum atomic E-state index is -0.482. The number of carbonyl (C=O) groups is 1. The second-order valence-electron chi connectivity index (χ2n) is 5.93. The number of hydrogen-bond donors (Lipinski definition) is 1. The predicted molar refractivity (Wildman–Crippen MR) is 83.7 cm³/mol. The van der Waals surface area contributed by atoms with Crippen molar-refractivity contribution >= 4 is 12.2 Å². The Morgan fingerprint density at radius 3 is 2.55 bits per heavy atom. The normalized spacial score (nSPS) is 12.7. The van der Waals surface area contributed by atoms with Gasteiger partial charge in [-0.15, -0.1) is 0 Å². The molecule has 1 amide bonds. The highest BCUT2D eigenvalue weighted by molar-refractivity contribution is 5.68. The summed E-state index contributed by atoms with van der Waals surface area (Å²) in [6, 6.07) is 6.08. The Balaban J connectivity index is 2.86. The molecule has 0 radical (unpaired) electrons. The Morgan fingerprint density at radius 1 is 1.45 bits per heavy atom. The summed E-state index contributed by atoms with van der Waals surface area (Å²) in [5.41, 5.74) is 2.86. The highest BCUT2D eigenvalue weighted by atomic mass is 16.6. The fourth-order valence-electron chi connectivity index (χ4n) is 2.07. The quantitative estimate of drug-likeness (QED) is 0.871. The fourth-order valence-corrected chi connectivity index (χ4v) is 2.07. The van der Waals surface area contributed by atoms with E-state index in [2.05, 4.69) is 18.0 Å². The van der Waals surface area contributed by atoms with Crippen LogP contribution in [-0.2, 0) is 4.74 Å². The largest absolute Gasteiger partial charge is 0.444 e. The van der Waals surface area contributed by atoms with Crippen LogP contribution in [0.5, 0.6) is 0 Å². The first-order chi connectivity index (χ1) is 9.26. The summed E-state index contributed by atoms with van der Waals surface area (Å²) >= 11 is 0. The molecule has 1 aromatic carbocycles. The summed E-state index contributed by atoms with van der Waals surface area (Å²) in [5, 5.41) is 2.93. The van der Waals surface area contributed by atoms with Gasteiger partial charge in [0, 0.05) is 0 Å². The highest BCUT2D eigenvalue weighted by Crippen LogP contribution is 2.22. The fraction of sp³-hybridized carbons (Fsp3) is 0.471. The van der Waals surface area contributed by atoms with Gasteiger partial charge in [-0.2, -0.15) is 0 Å². The maximum Gasteiger partial charge on any atom is 0.408 e.